The van der Waals surface area contributed by atoms with Crippen molar-refractivity contribution in [3.05, 3.63) is 29.8 Å². The van der Waals surface area contributed by atoms with E-state index in [9.17, 15) is 0 Å². The molecule has 0 radical (unpaired) electrons. The van der Waals surface area contributed by atoms with Crippen LogP contribution in [0.5, 0.6) is 5.75 Å². The van der Waals surface area contributed by atoms with Crippen LogP contribution in [0.3, 0.4) is 0 Å². The van der Waals surface area contributed by atoms with Gasteiger partial charge < -0.3 is 10.1 Å². The second-order valence-electron chi connectivity index (χ2n) is 5.36. The van der Waals surface area contributed by atoms with Gasteiger partial charge in [0.25, 0.3) is 0 Å². The SMILES string of the molecule is CCNC(c1ccc(OC)cc1)C(C)SCC(C)CC. The van der Waals surface area contributed by atoms with E-state index < -0.39 is 0 Å². The first-order chi connectivity index (χ1) is 9.62. The number of nitrogens with one attached hydrogen (secondary N) is 1. The summed E-state index contributed by atoms with van der Waals surface area (Å²) in [4.78, 5) is 0. The van der Waals surface area contributed by atoms with Crippen LogP contribution >= 0.6 is 11.8 Å². The lowest BCUT2D eigenvalue weighted by Gasteiger charge is -2.26. The van der Waals surface area contributed by atoms with Crippen molar-refractivity contribution in [1.29, 1.82) is 0 Å². The Morgan fingerprint density at radius 3 is 2.30 bits per heavy atom. The lowest BCUT2D eigenvalue weighted by molar-refractivity contribution is 0.414. The van der Waals surface area contributed by atoms with Gasteiger partial charge >= 0.3 is 0 Å². The van der Waals surface area contributed by atoms with Crippen molar-refractivity contribution in [3.8, 4) is 5.75 Å². The molecular weight excluding hydrogens is 266 g/mol. The van der Waals surface area contributed by atoms with E-state index in [0.29, 0.717) is 11.3 Å². The number of thioether (sulfide) groups is 1. The molecule has 114 valence electrons. The Balaban J connectivity index is 2.70. The smallest absolute Gasteiger partial charge is 0.118 e. The Morgan fingerprint density at radius 2 is 1.80 bits per heavy atom. The summed E-state index contributed by atoms with van der Waals surface area (Å²) in [6.45, 7) is 10.1. The van der Waals surface area contributed by atoms with Crippen LogP contribution in [-0.4, -0.2) is 24.7 Å². The summed E-state index contributed by atoms with van der Waals surface area (Å²) >= 11 is 2.07. The number of benzene rings is 1. The zero-order valence-corrected chi connectivity index (χ0v) is 14.3. The van der Waals surface area contributed by atoms with E-state index in [1.54, 1.807) is 7.11 Å². The molecule has 1 aromatic rings. The average molecular weight is 295 g/mol. The van der Waals surface area contributed by atoms with Crippen LogP contribution in [0.25, 0.3) is 0 Å². The van der Waals surface area contributed by atoms with Gasteiger partial charge in [0.15, 0.2) is 0 Å². The number of hydrogen-bond acceptors (Lipinski definition) is 3. The minimum absolute atomic E-state index is 0.403. The highest BCUT2D eigenvalue weighted by molar-refractivity contribution is 7.99. The summed E-state index contributed by atoms with van der Waals surface area (Å²) in [6.07, 6.45) is 1.26. The van der Waals surface area contributed by atoms with Gasteiger partial charge in [-0.25, -0.2) is 0 Å². The van der Waals surface area contributed by atoms with E-state index in [1.165, 1.54) is 17.7 Å². The molecule has 0 aliphatic heterocycles. The topological polar surface area (TPSA) is 21.3 Å². The number of hydrogen-bond donors (Lipinski definition) is 1. The predicted molar refractivity (Wildman–Crippen MR) is 90.8 cm³/mol. The van der Waals surface area contributed by atoms with Gasteiger partial charge in [-0.05, 0) is 35.9 Å². The fraction of sp³-hybridized carbons (Fsp3) is 0.647. The predicted octanol–water partition coefficient (Wildman–Crippen LogP) is 4.51. The Labute approximate surface area is 128 Å². The maximum atomic E-state index is 5.24. The van der Waals surface area contributed by atoms with Gasteiger partial charge in [0.1, 0.15) is 5.75 Å². The summed E-state index contributed by atoms with van der Waals surface area (Å²) in [5.74, 6) is 2.94. The number of ether oxygens (including phenoxy) is 1. The van der Waals surface area contributed by atoms with Crippen LogP contribution in [0.15, 0.2) is 24.3 Å². The maximum Gasteiger partial charge on any atom is 0.118 e. The molecule has 0 fully saturated rings. The van der Waals surface area contributed by atoms with Gasteiger partial charge in [-0.3, -0.25) is 0 Å². The number of methoxy groups -OCH3 is 1. The van der Waals surface area contributed by atoms with Crippen LogP contribution in [0.2, 0.25) is 0 Å². The molecular formula is C17H29NOS. The van der Waals surface area contributed by atoms with Crippen molar-refractivity contribution in [2.24, 2.45) is 5.92 Å². The molecule has 0 saturated carbocycles. The standard InChI is InChI=1S/C17H29NOS/c1-6-13(3)12-20-14(4)17(18-7-2)15-8-10-16(19-5)11-9-15/h8-11,13-14,17-18H,6-7,12H2,1-5H3. The Kier molecular flexibility index (Phi) is 8.08. The highest BCUT2D eigenvalue weighted by Gasteiger charge is 2.19. The third kappa shape index (κ3) is 5.37. The average Bonchev–Trinajstić information content (AvgIpc) is 2.50. The van der Waals surface area contributed by atoms with Crippen molar-refractivity contribution in [2.75, 3.05) is 19.4 Å². The summed E-state index contributed by atoms with van der Waals surface area (Å²) in [7, 11) is 1.71. The van der Waals surface area contributed by atoms with Crippen molar-refractivity contribution < 1.29 is 4.74 Å². The Morgan fingerprint density at radius 1 is 1.15 bits per heavy atom. The van der Waals surface area contributed by atoms with Crippen molar-refractivity contribution in [3.63, 3.8) is 0 Å². The Hall–Kier alpha value is -0.670. The summed E-state index contributed by atoms with van der Waals surface area (Å²) in [5, 5.41) is 4.18. The van der Waals surface area contributed by atoms with Crippen LogP contribution in [0.1, 0.15) is 45.7 Å². The third-order valence-electron chi connectivity index (χ3n) is 3.71. The van der Waals surface area contributed by atoms with Gasteiger partial charge in [0.05, 0.1) is 7.11 Å². The molecule has 0 aromatic heterocycles. The van der Waals surface area contributed by atoms with E-state index in [4.69, 9.17) is 4.74 Å². The van der Waals surface area contributed by atoms with Gasteiger partial charge in [-0.15, -0.1) is 0 Å². The molecule has 0 spiro atoms. The molecule has 0 bridgehead atoms. The quantitative estimate of drug-likeness (QED) is 0.724. The summed E-state index contributed by atoms with van der Waals surface area (Å²) < 4.78 is 5.24. The van der Waals surface area contributed by atoms with Crippen molar-refractivity contribution >= 4 is 11.8 Å². The lowest BCUT2D eigenvalue weighted by atomic mass is 10.0. The fourth-order valence-corrected chi connectivity index (χ4v) is 3.43. The number of rotatable bonds is 9. The molecule has 0 aliphatic carbocycles. The zero-order valence-electron chi connectivity index (χ0n) is 13.5. The first-order valence-electron chi connectivity index (χ1n) is 7.61. The van der Waals surface area contributed by atoms with E-state index in [0.717, 1.165) is 18.2 Å². The van der Waals surface area contributed by atoms with E-state index in [2.05, 4.69) is 56.9 Å². The first kappa shape index (κ1) is 17.4. The molecule has 20 heavy (non-hydrogen) atoms. The lowest BCUT2D eigenvalue weighted by Crippen LogP contribution is -2.29. The molecule has 3 heteroatoms. The maximum absolute atomic E-state index is 5.24. The van der Waals surface area contributed by atoms with Crippen LogP contribution in [0.4, 0.5) is 0 Å². The van der Waals surface area contributed by atoms with Crippen LogP contribution < -0.4 is 10.1 Å². The van der Waals surface area contributed by atoms with Gasteiger partial charge in [-0.2, -0.15) is 11.8 Å². The van der Waals surface area contributed by atoms with Crippen LogP contribution in [0, 0.1) is 5.92 Å². The minimum Gasteiger partial charge on any atom is -0.497 e. The van der Waals surface area contributed by atoms with E-state index in [1.807, 2.05) is 12.1 Å². The van der Waals surface area contributed by atoms with Gasteiger partial charge in [0.2, 0.25) is 0 Å². The van der Waals surface area contributed by atoms with E-state index in [-0.39, 0.29) is 0 Å². The summed E-state index contributed by atoms with van der Waals surface area (Å²) in [6, 6.07) is 8.84. The third-order valence-corrected chi connectivity index (χ3v) is 5.27. The highest BCUT2D eigenvalue weighted by atomic mass is 32.2. The van der Waals surface area contributed by atoms with Crippen molar-refractivity contribution in [2.45, 2.75) is 45.4 Å². The van der Waals surface area contributed by atoms with Crippen molar-refractivity contribution in [1.82, 2.24) is 5.32 Å². The summed E-state index contributed by atoms with van der Waals surface area (Å²) in [5.41, 5.74) is 1.34. The molecule has 1 rings (SSSR count). The molecule has 0 aliphatic rings. The van der Waals surface area contributed by atoms with Gasteiger partial charge in [-0.1, -0.05) is 46.2 Å². The molecule has 0 amide bonds. The first-order valence-corrected chi connectivity index (χ1v) is 8.66. The second kappa shape index (κ2) is 9.30. The molecule has 3 atom stereocenters. The molecule has 1 aromatic carbocycles. The zero-order chi connectivity index (χ0) is 15.0. The van der Waals surface area contributed by atoms with Crippen LogP contribution in [-0.2, 0) is 0 Å². The molecule has 1 N–H and O–H groups in total. The van der Waals surface area contributed by atoms with E-state index >= 15 is 0 Å². The normalized spacial score (nSPS) is 15.7. The minimum atomic E-state index is 0.403. The highest BCUT2D eigenvalue weighted by Crippen LogP contribution is 2.29. The second-order valence-corrected chi connectivity index (χ2v) is 6.77. The molecule has 0 saturated heterocycles. The fourth-order valence-electron chi connectivity index (χ4n) is 2.12. The Bertz CT molecular complexity index is 366. The largest absolute Gasteiger partial charge is 0.497 e. The molecule has 3 unspecified atom stereocenters. The molecule has 0 heterocycles. The molecule has 2 nitrogen and oxygen atoms in total. The van der Waals surface area contributed by atoms with Gasteiger partial charge in [0, 0.05) is 11.3 Å². The monoisotopic (exact) mass is 295 g/mol.